The molecule has 1 aromatic carbocycles. The molecule has 3 rings (SSSR count). The molecule has 0 saturated carbocycles. The van der Waals surface area contributed by atoms with Gasteiger partial charge in [0.25, 0.3) is 5.91 Å². The van der Waals surface area contributed by atoms with Crippen molar-refractivity contribution in [3.63, 3.8) is 0 Å². The Bertz CT molecular complexity index is 918. The van der Waals surface area contributed by atoms with Crippen LogP contribution >= 0.6 is 11.3 Å². The van der Waals surface area contributed by atoms with Gasteiger partial charge in [-0.15, -0.1) is 11.3 Å². The minimum atomic E-state index is -3.66. The second kappa shape index (κ2) is 8.73. The molecule has 2 heterocycles. The first-order chi connectivity index (χ1) is 13.3. The van der Waals surface area contributed by atoms with Crippen LogP contribution in [0.25, 0.3) is 0 Å². The zero-order valence-electron chi connectivity index (χ0n) is 16.3. The summed E-state index contributed by atoms with van der Waals surface area (Å²) in [5.74, 6) is -0.0601. The predicted octanol–water partition coefficient (Wildman–Crippen LogP) is 3.20. The lowest BCUT2D eigenvalue weighted by atomic mass is 10.0. The van der Waals surface area contributed by atoms with Crippen LogP contribution in [-0.4, -0.2) is 44.9 Å². The quantitative estimate of drug-likeness (QED) is 0.776. The second-order valence-corrected chi connectivity index (χ2v) is 10.1. The Morgan fingerprint density at radius 1 is 1.21 bits per heavy atom. The molecule has 1 amide bonds. The van der Waals surface area contributed by atoms with Crippen molar-refractivity contribution in [3.05, 3.63) is 51.7 Å². The topological polar surface area (TPSA) is 75.7 Å². The molecule has 2 aromatic rings. The van der Waals surface area contributed by atoms with Crippen molar-refractivity contribution in [1.29, 1.82) is 0 Å². The number of carbonyl (C=O) groups excluding carboxylic acids is 1. The number of carbonyl (C=O) groups is 1. The third-order valence-corrected chi connectivity index (χ3v) is 7.84. The molecule has 1 aromatic heterocycles. The first-order valence-corrected chi connectivity index (χ1v) is 11.7. The smallest absolute Gasteiger partial charge is 0.251 e. The van der Waals surface area contributed by atoms with Gasteiger partial charge in [-0.25, -0.2) is 8.42 Å². The van der Waals surface area contributed by atoms with Gasteiger partial charge in [0.2, 0.25) is 10.0 Å². The van der Waals surface area contributed by atoms with Crippen LogP contribution in [0.3, 0.4) is 0 Å². The summed E-state index contributed by atoms with van der Waals surface area (Å²) in [5.41, 5.74) is 0.973. The van der Waals surface area contributed by atoms with Gasteiger partial charge in [0.15, 0.2) is 0 Å². The number of benzene rings is 1. The van der Waals surface area contributed by atoms with Gasteiger partial charge in [0, 0.05) is 23.5 Å². The fraction of sp³-hybridized carbons (Fsp3) is 0.450. The number of ether oxygens (including phenoxy) is 1. The highest BCUT2D eigenvalue weighted by Gasteiger charge is 2.29. The molecule has 1 unspecified atom stereocenters. The van der Waals surface area contributed by atoms with Crippen molar-refractivity contribution in [1.82, 2.24) is 9.62 Å². The number of nitrogens with one attached hydrogen (secondary N) is 1. The minimum Gasteiger partial charge on any atom is -0.379 e. The molecule has 28 heavy (non-hydrogen) atoms. The van der Waals surface area contributed by atoms with Crippen molar-refractivity contribution < 1.29 is 17.9 Å². The lowest BCUT2D eigenvalue weighted by Crippen LogP contribution is -2.41. The fourth-order valence-electron chi connectivity index (χ4n) is 3.20. The maximum absolute atomic E-state index is 13.0. The predicted molar refractivity (Wildman–Crippen MR) is 110 cm³/mol. The normalized spacial score (nSPS) is 16.9. The highest BCUT2D eigenvalue weighted by molar-refractivity contribution is 7.89. The van der Waals surface area contributed by atoms with Crippen molar-refractivity contribution >= 4 is 27.3 Å². The van der Waals surface area contributed by atoms with Gasteiger partial charge in [0.1, 0.15) is 0 Å². The summed E-state index contributed by atoms with van der Waals surface area (Å²) in [7, 11) is -3.66. The van der Waals surface area contributed by atoms with E-state index in [1.807, 2.05) is 31.4 Å². The Kier molecular flexibility index (Phi) is 6.54. The fourth-order valence-corrected chi connectivity index (χ4v) is 5.81. The largest absolute Gasteiger partial charge is 0.379 e. The van der Waals surface area contributed by atoms with Crippen LogP contribution in [0.4, 0.5) is 0 Å². The van der Waals surface area contributed by atoms with Crippen LogP contribution in [-0.2, 0) is 14.8 Å². The maximum atomic E-state index is 13.0. The number of hydrogen-bond donors (Lipinski definition) is 1. The van der Waals surface area contributed by atoms with E-state index >= 15 is 0 Å². The molecular weight excluding hydrogens is 396 g/mol. The van der Waals surface area contributed by atoms with Gasteiger partial charge in [-0.1, -0.05) is 26.0 Å². The van der Waals surface area contributed by atoms with E-state index in [0.717, 1.165) is 4.88 Å². The summed E-state index contributed by atoms with van der Waals surface area (Å²) in [6, 6.07) is 8.70. The summed E-state index contributed by atoms with van der Waals surface area (Å²) >= 11 is 1.60. The molecule has 0 bridgehead atoms. The van der Waals surface area contributed by atoms with Crippen LogP contribution in [0.5, 0.6) is 0 Å². The number of aryl methyl sites for hydroxylation is 1. The summed E-state index contributed by atoms with van der Waals surface area (Å²) in [5, 5.41) is 5.04. The Balaban J connectivity index is 1.87. The average Bonchev–Trinajstić information content (AvgIpc) is 3.21. The molecule has 1 atom stereocenters. The van der Waals surface area contributed by atoms with E-state index in [2.05, 4.69) is 5.32 Å². The molecular formula is C20H26N2O4S2. The maximum Gasteiger partial charge on any atom is 0.251 e. The number of thiophene rings is 1. The van der Waals surface area contributed by atoms with Crippen molar-refractivity contribution in [2.24, 2.45) is 5.92 Å². The van der Waals surface area contributed by atoms with Crippen LogP contribution in [0.2, 0.25) is 0 Å². The first-order valence-electron chi connectivity index (χ1n) is 9.33. The monoisotopic (exact) mass is 422 g/mol. The van der Waals surface area contributed by atoms with E-state index in [1.54, 1.807) is 30.4 Å². The molecule has 0 aliphatic carbocycles. The molecule has 1 N–H and O–H groups in total. The molecule has 8 heteroatoms. The number of nitrogens with zero attached hydrogens (tertiary/aromatic N) is 1. The zero-order valence-corrected chi connectivity index (χ0v) is 18.0. The number of rotatable bonds is 6. The number of morpholine rings is 1. The standard InChI is InChI=1S/C20H26N2O4S2/c1-14(2)19(17-5-4-12-27-17)21-20(23)16-7-6-15(3)18(13-16)28(24,25)22-8-10-26-11-9-22/h4-7,12-14,19H,8-11H2,1-3H3,(H,21,23). The number of sulfonamides is 1. The third kappa shape index (κ3) is 4.46. The van der Waals surface area contributed by atoms with Gasteiger partial charge in [0.05, 0.1) is 24.2 Å². The van der Waals surface area contributed by atoms with E-state index < -0.39 is 10.0 Å². The Morgan fingerprint density at radius 2 is 1.93 bits per heavy atom. The SMILES string of the molecule is Cc1ccc(C(=O)NC(c2cccs2)C(C)C)cc1S(=O)(=O)N1CCOCC1. The summed E-state index contributed by atoms with van der Waals surface area (Å²) < 4.78 is 32.8. The Labute approximate surface area is 170 Å². The third-order valence-electron chi connectivity index (χ3n) is 4.84. The lowest BCUT2D eigenvalue weighted by molar-refractivity contribution is 0.0730. The summed E-state index contributed by atoms with van der Waals surface area (Å²) in [4.78, 5) is 14.1. The molecule has 152 valence electrons. The zero-order chi connectivity index (χ0) is 20.3. The van der Waals surface area contributed by atoms with Crippen LogP contribution in [0, 0.1) is 12.8 Å². The van der Waals surface area contributed by atoms with E-state index in [9.17, 15) is 13.2 Å². The molecule has 1 saturated heterocycles. The molecule has 0 spiro atoms. The van der Waals surface area contributed by atoms with Crippen molar-refractivity contribution in [3.8, 4) is 0 Å². The van der Waals surface area contributed by atoms with E-state index in [0.29, 0.717) is 37.4 Å². The highest BCUT2D eigenvalue weighted by Crippen LogP contribution is 2.27. The summed E-state index contributed by atoms with van der Waals surface area (Å²) in [6.45, 7) is 7.27. The van der Waals surface area contributed by atoms with Crippen LogP contribution < -0.4 is 5.32 Å². The number of amides is 1. The van der Waals surface area contributed by atoms with Crippen molar-refractivity contribution in [2.45, 2.75) is 31.7 Å². The average molecular weight is 423 g/mol. The molecule has 1 aliphatic rings. The molecule has 1 fully saturated rings. The minimum absolute atomic E-state index is 0.117. The van der Waals surface area contributed by atoms with E-state index in [1.165, 1.54) is 10.4 Å². The Hall–Kier alpha value is -1.74. The lowest BCUT2D eigenvalue weighted by Gasteiger charge is -2.27. The van der Waals surface area contributed by atoms with Gasteiger partial charge in [-0.3, -0.25) is 4.79 Å². The first kappa shape index (κ1) is 21.0. The molecule has 1 aliphatic heterocycles. The Morgan fingerprint density at radius 3 is 2.54 bits per heavy atom. The van der Waals surface area contributed by atoms with Gasteiger partial charge in [-0.2, -0.15) is 4.31 Å². The van der Waals surface area contributed by atoms with Crippen LogP contribution in [0.1, 0.15) is 40.7 Å². The van der Waals surface area contributed by atoms with Crippen molar-refractivity contribution in [2.75, 3.05) is 26.3 Å². The van der Waals surface area contributed by atoms with Gasteiger partial charge >= 0.3 is 0 Å². The highest BCUT2D eigenvalue weighted by atomic mass is 32.2. The number of hydrogen-bond acceptors (Lipinski definition) is 5. The summed E-state index contributed by atoms with van der Waals surface area (Å²) in [6.07, 6.45) is 0. The molecule has 6 nitrogen and oxygen atoms in total. The van der Waals surface area contributed by atoms with Gasteiger partial charge in [-0.05, 0) is 42.0 Å². The van der Waals surface area contributed by atoms with E-state index in [4.69, 9.17) is 4.74 Å². The molecule has 0 radical (unpaired) electrons. The van der Waals surface area contributed by atoms with Gasteiger partial charge < -0.3 is 10.1 Å². The van der Waals surface area contributed by atoms with E-state index in [-0.39, 0.29) is 22.8 Å². The second-order valence-electron chi connectivity index (χ2n) is 7.21. The van der Waals surface area contributed by atoms with Crippen LogP contribution in [0.15, 0.2) is 40.6 Å².